The van der Waals surface area contributed by atoms with Crippen molar-refractivity contribution in [3.8, 4) is 0 Å². The van der Waals surface area contributed by atoms with Gasteiger partial charge in [-0.1, -0.05) is 28.1 Å². The molecule has 0 fully saturated rings. The minimum absolute atomic E-state index is 0.0694. The molecule has 0 amide bonds. The van der Waals surface area contributed by atoms with E-state index in [1.54, 1.807) is 0 Å². The van der Waals surface area contributed by atoms with Gasteiger partial charge in [0.05, 0.1) is 0 Å². The lowest BCUT2D eigenvalue weighted by molar-refractivity contribution is 0.0980. The highest BCUT2D eigenvalue weighted by Crippen LogP contribution is 2.11. The Hall–Kier alpha value is -0.670. The van der Waals surface area contributed by atoms with Gasteiger partial charge in [-0.2, -0.15) is 0 Å². The molecule has 0 saturated carbocycles. The smallest absolute Gasteiger partial charge is 0.164 e. The fourth-order valence-electron chi connectivity index (χ4n) is 1.33. The van der Waals surface area contributed by atoms with Gasteiger partial charge in [-0.3, -0.25) is 4.79 Å². The first-order valence-corrected chi connectivity index (χ1v) is 6.21. The molecule has 0 saturated heterocycles. The van der Waals surface area contributed by atoms with Crippen LogP contribution in [0.2, 0.25) is 0 Å². The summed E-state index contributed by atoms with van der Waals surface area (Å²) in [5.41, 5.74) is 0.846. The Labute approximate surface area is 106 Å². The Balaban J connectivity index is 2.44. The Morgan fingerprint density at radius 2 is 1.81 bits per heavy atom. The van der Waals surface area contributed by atoms with Gasteiger partial charge in [0.2, 0.25) is 0 Å². The lowest BCUT2D eigenvalue weighted by atomic mass is 10.1. The van der Waals surface area contributed by atoms with Crippen LogP contribution in [-0.2, 0) is 0 Å². The molecule has 0 unspecified atom stereocenters. The minimum atomic E-state index is 0.0694. The van der Waals surface area contributed by atoms with E-state index in [-0.39, 0.29) is 11.3 Å². The van der Waals surface area contributed by atoms with Crippen LogP contribution in [0.4, 0.5) is 0 Å². The molecule has 1 N–H and O–H groups in total. The van der Waals surface area contributed by atoms with E-state index in [1.165, 1.54) is 0 Å². The average Bonchev–Trinajstić information content (AvgIpc) is 2.16. The molecule has 0 atom stereocenters. The monoisotopic (exact) mass is 283 g/mol. The lowest BCUT2D eigenvalue weighted by Gasteiger charge is -2.20. The molecule has 1 aromatic rings. The van der Waals surface area contributed by atoms with Crippen LogP contribution < -0.4 is 5.32 Å². The molecule has 1 aromatic carbocycles. The van der Waals surface area contributed by atoms with Crippen molar-refractivity contribution in [3.63, 3.8) is 0 Å². The summed E-state index contributed by atoms with van der Waals surface area (Å²) in [7, 11) is 0. The van der Waals surface area contributed by atoms with E-state index in [0.717, 1.165) is 16.6 Å². The summed E-state index contributed by atoms with van der Waals surface area (Å²) in [4.78, 5) is 11.8. The highest BCUT2D eigenvalue weighted by atomic mass is 79.9. The number of ketones is 1. The van der Waals surface area contributed by atoms with Crippen molar-refractivity contribution in [2.75, 3.05) is 6.54 Å². The van der Waals surface area contributed by atoms with E-state index in [4.69, 9.17) is 0 Å². The van der Waals surface area contributed by atoms with Gasteiger partial charge in [-0.05, 0) is 32.9 Å². The summed E-state index contributed by atoms with van der Waals surface area (Å²) in [6.45, 7) is 7.00. The van der Waals surface area contributed by atoms with Crippen LogP contribution >= 0.6 is 15.9 Å². The van der Waals surface area contributed by atoms with E-state index in [0.29, 0.717) is 6.42 Å². The van der Waals surface area contributed by atoms with E-state index in [9.17, 15) is 4.79 Å². The second-order valence-electron chi connectivity index (χ2n) is 4.86. The molecule has 0 aliphatic carbocycles. The topological polar surface area (TPSA) is 29.1 Å². The fraction of sp³-hybridized carbons (Fsp3) is 0.462. The quantitative estimate of drug-likeness (QED) is 0.858. The summed E-state index contributed by atoms with van der Waals surface area (Å²) < 4.78 is 0.997. The van der Waals surface area contributed by atoms with Crippen LogP contribution in [0.25, 0.3) is 0 Å². The van der Waals surface area contributed by atoms with E-state index in [2.05, 4.69) is 42.0 Å². The fourth-order valence-corrected chi connectivity index (χ4v) is 1.60. The minimum Gasteiger partial charge on any atom is -0.312 e. The van der Waals surface area contributed by atoms with Crippen molar-refractivity contribution >= 4 is 21.7 Å². The summed E-state index contributed by atoms with van der Waals surface area (Å²) >= 11 is 3.35. The van der Waals surface area contributed by atoms with Gasteiger partial charge >= 0.3 is 0 Å². The molecule has 16 heavy (non-hydrogen) atoms. The summed E-state index contributed by atoms with van der Waals surface area (Å²) in [5, 5.41) is 3.30. The molecule has 2 nitrogen and oxygen atoms in total. The van der Waals surface area contributed by atoms with Gasteiger partial charge in [0.25, 0.3) is 0 Å². The zero-order valence-corrected chi connectivity index (χ0v) is 11.6. The standard InChI is InChI=1S/C13H18BrNO/c1-13(2,3)15-9-8-12(16)10-4-6-11(14)7-5-10/h4-7,15H,8-9H2,1-3H3. The van der Waals surface area contributed by atoms with Crippen molar-refractivity contribution in [2.45, 2.75) is 32.7 Å². The normalized spacial score (nSPS) is 11.5. The molecule has 0 aromatic heterocycles. The Kier molecular flexibility index (Phi) is 4.69. The predicted octanol–water partition coefficient (Wildman–Crippen LogP) is 3.41. The van der Waals surface area contributed by atoms with Gasteiger partial charge in [0.1, 0.15) is 0 Å². The molecule has 3 heteroatoms. The molecule has 0 heterocycles. The molecule has 88 valence electrons. The number of halogens is 1. The SMILES string of the molecule is CC(C)(C)NCCC(=O)c1ccc(Br)cc1. The Morgan fingerprint density at radius 1 is 1.25 bits per heavy atom. The molecule has 0 aliphatic rings. The number of hydrogen-bond donors (Lipinski definition) is 1. The third-order valence-corrected chi connectivity index (χ3v) is 2.70. The van der Waals surface area contributed by atoms with Crippen molar-refractivity contribution in [2.24, 2.45) is 0 Å². The van der Waals surface area contributed by atoms with Crippen molar-refractivity contribution < 1.29 is 4.79 Å². The number of benzene rings is 1. The van der Waals surface area contributed by atoms with Crippen LogP contribution in [0, 0.1) is 0 Å². The maximum absolute atomic E-state index is 11.8. The van der Waals surface area contributed by atoms with Crippen LogP contribution in [-0.4, -0.2) is 17.9 Å². The summed E-state index contributed by atoms with van der Waals surface area (Å²) in [5.74, 6) is 0.184. The van der Waals surface area contributed by atoms with E-state index in [1.807, 2.05) is 24.3 Å². The zero-order valence-electron chi connectivity index (χ0n) is 10.0. The second-order valence-corrected chi connectivity index (χ2v) is 5.77. The Morgan fingerprint density at radius 3 is 2.31 bits per heavy atom. The first-order valence-electron chi connectivity index (χ1n) is 5.42. The van der Waals surface area contributed by atoms with Crippen LogP contribution in [0.5, 0.6) is 0 Å². The third-order valence-electron chi connectivity index (χ3n) is 2.17. The molecule has 0 spiro atoms. The summed E-state index contributed by atoms with van der Waals surface area (Å²) in [6.07, 6.45) is 0.541. The number of carbonyl (C=O) groups excluding carboxylic acids is 1. The van der Waals surface area contributed by atoms with Gasteiger partial charge in [-0.25, -0.2) is 0 Å². The van der Waals surface area contributed by atoms with Crippen LogP contribution in [0.1, 0.15) is 37.6 Å². The summed E-state index contributed by atoms with van der Waals surface area (Å²) in [6, 6.07) is 7.49. The zero-order chi connectivity index (χ0) is 12.2. The molecule has 0 bridgehead atoms. The van der Waals surface area contributed by atoms with Crippen molar-refractivity contribution in [3.05, 3.63) is 34.3 Å². The van der Waals surface area contributed by atoms with Gasteiger partial charge < -0.3 is 5.32 Å². The number of rotatable bonds is 4. The van der Waals surface area contributed by atoms with Crippen LogP contribution in [0.3, 0.4) is 0 Å². The Bertz CT molecular complexity index is 351. The molecular weight excluding hydrogens is 266 g/mol. The number of Topliss-reactive ketones (excluding diaryl/α,β-unsaturated/α-hetero) is 1. The number of hydrogen-bond acceptors (Lipinski definition) is 2. The maximum Gasteiger partial charge on any atom is 0.164 e. The maximum atomic E-state index is 11.8. The average molecular weight is 284 g/mol. The van der Waals surface area contributed by atoms with Crippen molar-refractivity contribution in [1.29, 1.82) is 0 Å². The molecule has 0 aliphatic heterocycles. The molecule has 0 radical (unpaired) electrons. The third kappa shape index (κ3) is 4.90. The highest BCUT2D eigenvalue weighted by molar-refractivity contribution is 9.10. The van der Waals surface area contributed by atoms with E-state index >= 15 is 0 Å². The van der Waals surface area contributed by atoms with E-state index < -0.39 is 0 Å². The second kappa shape index (κ2) is 5.60. The van der Waals surface area contributed by atoms with Gasteiger partial charge in [0.15, 0.2) is 5.78 Å². The van der Waals surface area contributed by atoms with Gasteiger partial charge in [-0.15, -0.1) is 0 Å². The molecule has 1 rings (SSSR count). The first kappa shape index (κ1) is 13.4. The number of carbonyl (C=O) groups is 1. The van der Waals surface area contributed by atoms with Crippen LogP contribution in [0.15, 0.2) is 28.7 Å². The number of nitrogens with one attached hydrogen (secondary N) is 1. The largest absolute Gasteiger partial charge is 0.312 e. The predicted molar refractivity (Wildman–Crippen MR) is 70.8 cm³/mol. The first-order chi connectivity index (χ1) is 7.38. The van der Waals surface area contributed by atoms with Crippen molar-refractivity contribution in [1.82, 2.24) is 5.32 Å². The highest BCUT2D eigenvalue weighted by Gasteiger charge is 2.10. The van der Waals surface area contributed by atoms with Gasteiger partial charge in [0, 0.05) is 28.5 Å². The lowest BCUT2D eigenvalue weighted by Crippen LogP contribution is -2.37. The molecular formula is C13H18BrNO.